The number of para-hydroxylation sites is 1. The summed E-state index contributed by atoms with van der Waals surface area (Å²) in [7, 11) is 4.28. The van der Waals surface area contributed by atoms with E-state index in [1.165, 1.54) is 16.2 Å². The maximum atomic E-state index is 2.16. The summed E-state index contributed by atoms with van der Waals surface area (Å²) in [4.78, 5) is 1.39. The van der Waals surface area contributed by atoms with Crippen LogP contribution in [0.3, 0.4) is 0 Å². The van der Waals surface area contributed by atoms with Crippen molar-refractivity contribution in [3.63, 3.8) is 0 Å². The molecule has 0 saturated heterocycles. The van der Waals surface area contributed by atoms with E-state index in [-0.39, 0.29) is 5.48 Å². The average Bonchev–Trinajstić information content (AvgIpc) is 1.88. The average molecular weight is 153 g/mol. The molecule has 1 aromatic rings. The Morgan fingerprint density at radius 2 is 1.64 bits per heavy atom. The molecule has 2 N–H and O–H groups in total. The molecule has 0 bridgehead atoms. The van der Waals surface area contributed by atoms with Gasteiger partial charge in [0.15, 0.2) is 0 Å². The minimum atomic E-state index is 0. The standard InChI is InChI=1S/C9H13N.H2O/c1-8-6-4-5-7-9(8)10(2)3;/h4-7H,1-3H3;1H2. The highest BCUT2D eigenvalue weighted by molar-refractivity contribution is 5.37. The summed E-state index contributed by atoms with van der Waals surface area (Å²) in [6.07, 6.45) is 0. The molecule has 2 heteroatoms. The number of hydrogen-bond donors (Lipinski definition) is 1. The van der Waals surface area contributed by atoms with Gasteiger partial charge in [0, 0.05) is 5.56 Å². The third-order valence-electron chi connectivity index (χ3n) is 1.68. The van der Waals surface area contributed by atoms with Crippen molar-refractivity contribution < 1.29 is 10.4 Å². The van der Waals surface area contributed by atoms with Crippen LogP contribution in [0.2, 0.25) is 0 Å². The van der Waals surface area contributed by atoms with E-state index < -0.39 is 0 Å². The first-order valence-electron chi connectivity index (χ1n) is 3.58. The van der Waals surface area contributed by atoms with E-state index >= 15 is 0 Å². The predicted molar refractivity (Wildman–Crippen MR) is 45.6 cm³/mol. The maximum Gasteiger partial charge on any atom is 0.133 e. The molecule has 0 aromatic heterocycles. The minimum Gasteiger partial charge on any atom is -0.870 e. The summed E-state index contributed by atoms with van der Waals surface area (Å²) in [5.74, 6) is 0. The Kier molecular flexibility index (Phi) is 3.79. The van der Waals surface area contributed by atoms with Gasteiger partial charge in [0.05, 0.1) is 14.1 Å². The molecule has 11 heavy (non-hydrogen) atoms. The van der Waals surface area contributed by atoms with Crippen LogP contribution in [-0.4, -0.2) is 19.6 Å². The van der Waals surface area contributed by atoms with Crippen molar-refractivity contribution >= 4 is 5.69 Å². The molecule has 1 rings (SSSR count). The zero-order valence-corrected chi connectivity index (χ0v) is 7.26. The summed E-state index contributed by atoms with van der Waals surface area (Å²) in [6.45, 7) is 2.14. The topological polar surface area (TPSA) is 34.4 Å². The maximum absolute atomic E-state index is 2.16. The molecule has 1 aromatic carbocycles. The molecule has 0 saturated carbocycles. The molecule has 2 nitrogen and oxygen atoms in total. The third kappa shape index (κ3) is 2.33. The van der Waals surface area contributed by atoms with Crippen LogP contribution in [0.5, 0.6) is 0 Å². The Hall–Kier alpha value is -0.860. The molecule has 0 amide bonds. The van der Waals surface area contributed by atoms with Gasteiger partial charge < -0.3 is 10.4 Å². The largest absolute Gasteiger partial charge is 0.870 e. The van der Waals surface area contributed by atoms with Crippen molar-refractivity contribution in [3.05, 3.63) is 29.8 Å². The van der Waals surface area contributed by atoms with E-state index in [0.29, 0.717) is 0 Å². The molecule has 0 spiro atoms. The summed E-state index contributed by atoms with van der Waals surface area (Å²) in [6, 6.07) is 8.45. The zero-order valence-electron chi connectivity index (χ0n) is 7.26. The first-order chi connectivity index (χ1) is 4.72. The Morgan fingerprint density at radius 3 is 2.00 bits per heavy atom. The van der Waals surface area contributed by atoms with Crippen LogP contribution in [0.1, 0.15) is 5.56 Å². The lowest BCUT2D eigenvalue weighted by Crippen LogP contribution is -3.00. The molecule has 0 fully saturated rings. The number of rotatable bonds is 1. The molecule has 0 aliphatic carbocycles. The van der Waals surface area contributed by atoms with Gasteiger partial charge in [-0.2, -0.15) is 0 Å². The van der Waals surface area contributed by atoms with Crippen molar-refractivity contribution in [2.45, 2.75) is 6.92 Å². The van der Waals surface area contributed by atoms with Crippen molar-refractivity contribution in [3.8, 4) is 0 Å². The van der Waals surface area contributed by atoms with Gasteiger partial charge in [0.25, 0.3) is 0 Å². The molecule has 0 unspecified atom stereocenters. The number of hydrogen-bond acceptors (Lipinski definition) is 1. The molecule has 0 heterocycles. The molecular weight excluding hydrogens is 138 g/mol. The Balaban J connectivity index is 0.000001000. The molecule has 62 valence electrons. The van der Waals surface area contributed by atoms with E-state index in [1.54, 1.807) is 0 Å². The fourth-order valence-corrected chi connectivity index (χ4v) is 1.13. The zero-order chi connectivity index (χ0) is 7.56. The van der Waals surface area contributed by atoms with Crippen molar-refractivity contribution in [1.82, 2.24) is 0 Å². The normalized spacial score (nSPS) is 9.45. The van der Waals surface area contributed by atoms with E-state index in [4.69, 9.17) is 0 Å². The summed E-state index contributed by atoms with van der Waals surface area (Å²) in [5, 5.41) is 0. The van der Waals surface area contributed by atoms with Gasteiger partial charge in [-0.3, -0.25) is 0 Å². The fraction of sp³-hybridized carbons (Fsp3) is 0.333. The first-order valence-corrected chi connectivity index (χ1v) is 3.58. The lowest BCUT2D eigenvalue weighted by molar-refractivity contribution is -0.786. The van der Waals surface area contributed by atoms with Gasteiger partial charge in [-0.1, -0.05) is 18.2 Å². The summed E-state index contributed by atoms with van der Waals surface area (Å²) in [5.41, 5.74) is 2.74. The van der Waals surface area contributed by atoms with E-state index in [0.717, 1.165) is 0 Å². The Bertz CT molecular complexity index is 221. The number of aryl methyl sites for hydroxylation is 1. The van der Waals surface area contributed by atoms with Crippen molar-refractivity contribution in [1.29, 1.82) is 0 Å². The minimum absolute atomic E-state index is 0. The van der Waals surface area contributed by atoms with Crippen LogP contribution in [0.25, 0.3) is 0 Å². The second-order valence-corrected chi connectivity index (χ2v) is 2.81. The van der Waals surface area contributed by atoms with Crippen LogP contribution < -0.4 is 4.90 Å². The fourth-order valence-electron chi connectivity index (χ4n) is 1.13. The smallest absolute Gasteiger partial charge is 0.133 e. The molecular formula is C9H15NO. The van der Waals surface area contributed by atoms with Crippen LogP contribution in [0, 0.1) is 6.92 Å². The van der Waals surface area contributed by atoms with Gasteiger partial charge in [0.2, 0.25) is 0 Å². The van der Waals surface area contributed by atoms with Crippen LogP contribution in [-0.2, 0) is 0 Å². The van der Waals surface area contributed by atoms with Crippen molar-refractivity contribution in [2.75, 3.05) is 14.1 Å². The van der Waals surface area contributed by atoms with Crippen LogP contribution in [0.4, 0.5) is 5.69 Å². The highest BCUT2D eigenvalue weighted by atomic mass is 16.0. The van der Waals surface area contributed by atoms with Gasteiger partial charge in [-0.25, -0.2) is 0 Å². The highest BCUT2D eigenvalue weighted by Gasteiger charge is 2.01. The van der Waals surface area contributed by atoms with Crippen LogP contribution >= 0.6 is 0 Å². The lowest BCUT2D eigenvalue weighted by atomic mass is 10.2. The number of benzene rings is 1. The van der Waals surface area contributed by atoms with Gasteiger partial charge in [-0.05, 0) is 13.0 Å². The van der Waals surface area contributed by atoms with Crippen molar-refractivity contribution in [2.24, 2.45) is 0 Å². The molecule has 0 atom stereocenters. The summed E-state index contributed by atoms with van der Waals surface area (Å²) >= 11 is 0. The van der Waals surface area contributed by atoms with Gasteiger partial charge in [0.1, 0.15) is 5.69 Å². The Labute approximate surface area is 67.8 Å². The lowest BCUT2D eigenvalue weighted by Gasteiger charge is -2.08. The van der Waals surface area contributed by atoms with Gasteiger partial charge in [-0.15, -0.1) is 0 Å². The second-order valence-electron chi connectivity index (χ2n) is 2.81. The highest BCUT2D eigenvalue weighted by Crippen LogP contribution is 2.06. The molecule has 0 aliphatic rings. The quantitative estimate of drug-likeness (QED) is 0.629. The summed E-state index contributed by atoms with van der Waals surface area (Å²) < 4.78 is 0. The third-order valence-corrected chi connectivity index (χ3v) is 1.68. The van der Waals surface area contributed by atoms with Gasteiger partial charge >= 0.3 is 0 Å². The van der Waals surface area contributed by atoms with Crippen LogP contribution in [0.15, 0.2) is 24.3 Å². The first kappa shape index (κ1) is 10.1. The molecule has 0 aliphatic heterocycles. The second kappa shape index (κ2) is 4.11. The Morgan fingerprint density at radius 1 is 1.09 bits per heavy atom. The number of quaternary nitrogens is 1. The van der Waals surface area contributed by atoms with E-state index in [9.17, 15) is 0 Å². The van der Waals surface area contributed by atoms with E-state index in [2.05, 4.69) is 45.3 Å². The number of nitrogens with one attached hydrogen (secondary N) is 1. The SMILES string of the molecule is Cc1ccccc1[NH+](C)C.[OH-]. The monoisotopic (exact) mass is 153 g/mol. The predicted octanol–water partition coefficient (Wildman–Crippen LogP) is 0.594. The molecule has 0 radical (unpaired) electrons. The van der Waals surface area contributed by atoms with E-state index in [1.807, 2.05) is 0 Å².